The summed E-state index contributed by atoms with van der Waals surface area (Å²) >= 11 is 0. The number of hydrogen-bond acceptors (Lipinski definition) is 3. The third kappa shape index (κ3) is 1.37. The molecule has 0 fully saturated rings. The van der Waals surface area contributed by atoms with Gasteiger partial charge >= 0.3 is 0 Å². The smallest absolute Gasteiger partial charge is 0.124 e. The highest BCUT2D eigenvalue weighted by Gasteiger charge is 1.98. The molecular weight excluding hydrogens is 154 g/mol. The third-order valence-electron chi connectivity index (χ3n) is 1.59. The lowest BCUT2D eigenvalue weighted by Crippen LogP contribution is -2.00. The first kappa shape index (κ1) is 7.09. The molecule has 0 saturated carbocycles. The Morgan fingerprint density at radius 3 is 3.00 bits per heavy atom. The highest BCUT2D eigenvalue weighted by atomic mass is 16.5. The summed E-state index contributed by atoms with van der Waals surface area (Å²) in [6.07, 6.45) is 3.48. The van der Waals surface area contributed by atoms with Gasteiger partial charge in [0.25, 0.3) is 0 Å². The zero-order valence-electron chi connectivity index (χ0n) is 6.77. The van der Waals surface area contributed by atoms with Gasteiger partial charge in [0.15, 0.2) is 0 Å². The van der Waals surface area contributed by atoms with E-state index in [0.29, 0.717) is 6.54 Å². The Hall–Kier alpha value is -1.58. The van der Waals surface area contributed by atoms with Crippen molar-refractivity contribution in [2.75, 3.05) is 0 Å². The molecular formula is C8H9N3O. The summed E-state index contributed by atoms with van der Waals surface area (Å²) in [5.74, 6) is 0. The lowest BCUT2D eigenvalue weighted by atomic mass is 10.4. The molecule has 0 amide bonds. The van der Waals surface area contributed by atoms with Crippen LogP contribution in [0.3, 0.4) is 0 Å². The highest BCUT2D eigenvalue weighted by Crippen LogP contribution is 1.99. The van der Waals surface area contributed by atoms with E-state index in [4.69, 9.17) is 4.52 Å². The minimum absolute atomic E-state index is 0.671. The molecule has 0 aliphatic carbocycles. The highest BCUT2D eigenvalue weighted by molar-refractivity contribution is 4.99. The summed E-state index contributed by atoms with van der Waals surface area (Å²) < 4.78 is 6.53. The Balaban J connectivity index is 2.14. The summed E-state index contributed by atoms with van der Waals surface area (Å²) in [6.45, 7) is 2.63. The maximum atomic E-state index is 4.70. The van der Waals surface area contributed by atoms with Gasteiger partial charge in [-0.25, -0.2) is 0 Å². The molecule has 2 rings (SSSR count). The fourth-order valence-corrected chi connectivity index (χ4v) is 1.04. The number of aromatic nitrogens is 3. The van der Waals surface area contributed by atoms with Gasteiger partial charge in [0.2, 0.25) is 0 Å². The van der Waals surface area contributed by atoms with E-state index in [1.165, 1.54) is 0 Å². The molecule has 0 radical (unpaired) electrons. The average Bonchev–Trinajstić information content (AvgIpc) is 2.63. The van der Waals surface area contributed by atoms with Crippen molar-refractivity contribution in [1.82, 2.24) is 14.9 Å². The molecule has 0 aliphatic heterocycles. The van der Waals surface area contributed by atoms with E-state index in [-0.39, 0.29) is 0 Å². The third-order valence-corrected chi connectivity index (χ3v) is 1.59. The van der Waals surface area contributed by atoms with Crippen LogP contribution in [0.2, 0.25) is 0 Å². The van der Waals surface area contributed by atoms with E-state index in [1.807, 2.05) is 29.9 Å². The van der Waals surface area contributed by atoms with Crippen molar-refractivity contribution in [2.45, 2.75) is 13.5 Å². The molecule has 2 aromatic rings. The molecule has 0 spiro atoms. The molecule has 0 atom stereocenters. The minimum Gasteiger partial charge on any atom is -0.364 e. The number of rotatable bonds is 2. The van der Waals surface area contributed by atoms with Gasteiger partial charge in [-0.05, 0) is 13.0 Å². The van der Waals surface area contributed by atoms with Gasteiger partial charge in [-0.1, -0.05) is 5.16 Å². The van der Waals surface area contributed by atoms with Crippen LogP contribution in [0.1, 0.15) is 11.4 Å². The normalized spacial score (nSPS) is 10.4. The first-order valence-electron chi connectivity index (χ1n) is 3.74. The summed E-state index contributed by atoms with van der Waals surface area (Å²) in [7, 11) is 0. The van der Waals surface area contributed by atoms with Crippen molar-refractivity contribution < 1.29 is 4.52 Å². The summed E-state index contributed by atoms with van der Waals surface area (Å²) in [6, 6.07) is 3.79. The van der Waals surface area contributed by atoms with Crippen molar-refractivity contribution in [3.05, 3.63) is 36.0 Å². The molecule has 0 saturated heterocycles. The second-order valence-corrected chi connectivity index (χ2v) is 2.65. The first-order chi connectivity index (χ1) is 5.84. The molecule has 62 valence electrons. The standard InChI is InChI=1S/C8H9N3O/c1-7-2-4-11(9-7)6-8-3-5-12-10-8/h2-5H,6H2,1H3. The van der Waals surface area contributed by atoms with Gasteiger partial charge in [-0.2, -0.15) is 5.10 Å². The summed E-state index contributed by atoms with van der Waals surface area (Å²) in [5, 5.41) is 8.01. The zero-order valence-corrected chi connectivity index (χ0v) is 6.77. The number of aryl methyl sites for hydroxylation is 1. The molecule has 0 bridgehead atoms. The molecule has 4 heteroatoms. The van der Waals surface area contributed by atoms with Crippen LogP contribution in [0.4, 0.5) is 0 Å². The van der Waals surface area contributed by atoms with Crippen molar-refractivity contribution in [2.24, 2.45) is 0 Å². The second kappa shape index (κ2) is 2.81. The number of nitrogens with zero attached hydrogens (tertiary/aromatic N) is 3. The molecule has 4 nitrogen and oxygen atoms in total. The van der Waals surface area contributed by atoms with Gasteiger partial charge in [0.1, 0.15) is 12.0 Å². The fourth-order valence-electron chi connectivity index (χ4n) is 1.04. The van der Waals surface area contributed by atoms with Gasteiger partial charge in [0, 0.05) is 12.3 Å². The van der Waals surface area contributed by atoms with Crippen LogP contribution in [0.5, 0.6) is 0 Å². The lowest BCUT2D eigenvalue weighted by molar-refractivity contribution is 0.408. The van der Waals surface area contributed by atoms with Crippen molar-refractivity contribution in [3.63, 3.8) is 0 Å². The van der Waals surface area contributed by atoms with Crippen LogP contribution in [-0.2, 0) is 6.54 Å². The topological polar surface area (TPSA) is 43.9 Å². The van der Waals surface area contributed by atoms with E-state index >= 15 is 0 Å². The molecule has 2 aromatic heterocycles. The maximum absolute atomic E-state index is 4.70. The Morgan fingerprint density at radius 2 is 2.42 bits per heavy atom. The van der Waals surface area contributed by atoms with Crippen LogP contribution in [0.15, 0.2) is 29.1 Å². The molecule has 2 heterocycles. The van der Waals surface area contributed by atoms with Crippen LogP contribution >= 0.6 is 0 Å². The Bertz CT molecular complexity index is 350. The zero-order chi connectivity index (χ0) is 8.39. The van der Waals surface area contributed by atoms with Crippen molar-refractivity contribution in [1.29, 1.82) is 0 Å². The van der Waals surface area contributed by atoms with Gasteiger partial charge in [0.05, 0.1) is 12.2 Å². The number of hydrogen-bond donors (Lipinski definition) is 0. The largest absolute Gasteiger partial charge is 0.364 e. The van der Waals surface area contributed by atoms with Gasteiger partial charge in [-0.3, -0.25) is 4.68 Å². The van der Waals surface area contributed by atoms with Gasteiger partial charge < -0.3 is 4.52 Å². The van der Waals surface area contributed by atoms with Crippen LogP contribution < -0.4 is 0 Å². The van der Waals surface area contributed by atoms with Crippen LogP contribution in [0.25, 0.3) is 0 Å². The van der Waals surface area contributed by atoms with E-state index in [0.717, 1.165) is 11.4 Å². The molecule has 0 aromatic carbocycles. The van der Waals surface area contributed by atoms with Crippen molar-refractivity contribution >= 4 is 0 Å². The van der Waals surface area contributed by atoms with Crippen molar-refractivity contribution in [3.8, 4) is 0 Å². The quantitative estimate of drug-likeness (QED) is 0.668. The Kier molecular flexibility index (Phi) is 1.66. The monoisotopic (exact) mass is 163 g/mol. The Labute approximate surface area is 69.8 Å². The summed E-state index contributed by atoms with van der Waals surface area (Å²) in [4.78, 5) is 0. The molecule has 0 unspecified atom stereocenters. The predicted molar refractivity (Wildman–Crippen MR) is 42.6 cm³/mol. The SMILES string of the molecule is Cc1ccn(Cc2ccon2)n1. The van der Waals surface area contributed by atoms with E-state index in [9.17, 15) is 0 Å². The lowest BCUT2D eigenvalue weighted by Gasteiger charge is -1.94. The maximum Gasteiger partial charge on any atom is 0.124 e. The van der Waals surface area contributed by atoms with Crippen LogP contribution in [0, 0.1) is 6.92 Å². The second-order valence-electron chi connectivity index (χ2n) is 2.65. The molecule has 0 aliphatic rings. The van der Waals surface area contributed by atoms with E-state index in [2.05, 4.69) is 10.3 Å². The summed E-state index contributed by atoms with van der Waals surface area (Å²) in [5.41, 5.74) is 1.90. The van der Waals surface area contributed by atoms with E-state index in [1.54, 1.807) is 6.26 Å². The van der Waals surface area contributed by atoms with E-state index < -0.39 is 0 Å². The molecule has 0 N–H and O–H groups in total. The predicted octanol–water partition coefficient (Wildman–Crippen LogP) is 1.23. The molecule has 12 heavy (non-hydrogen) atoms. The Morgan fingerprint density at radius 1 is 1.50 bits per heavy atom. The minimum atomic E-state index is 0.671. The van der Waals surface area contributed by atoms with Crippen LogP contribution in [-0.4, -0.2) is 14.9 Å². The fraction of sp³-hybridized carbons (Fsp3) is 0.250. The average molecular weight is 163 g/mol. The first-order valence-corrected chi connectivity index (χ1v) is 3.74. The van der Waals surface area contributed by atoms with Gasteiger partial charge in [-0.15, -0.1) is 0 Å².